The zero-order valence-corrected chi connectivity index (χ0v) is 21.1. The Balaban J connectivity index is 1.89. The van der Waals surface area contributed by atoms with E-state index in [1.54, 1.807) is 29.2 Å². The Labute approximate surface area is 200 Å². The second-order valence-electron chi connectivity index (χ2n) is 7.80. The molecule has 0 spiro atoms. The van der Waals surface area contributed by atoms with E-state index in [1.807, 2.05) is 39.8 Å². The number of amidine groups is 1. The number of ether oxygens (including phenoxy) is 2. The van der Waals surface area contributed by atoms with Gasteiger partial charge < -0.3 is 9.47 Å². The van der Waals surface area contributed by atoms with Gasteiger partial charge >= 0.3 is 0 Å². The highest BCUT2D eigenvalue weighted by molar-refractivity contribution is 9.10. The third-order valence-electron chi connectivity index (χ3n) is 4.60. The zero-order chi connectivity index (χ0) is 23.4. The molecule has 0 bridgehead atoms. The molecule has 1 amide bonds. The minimum Gasteiger partial charge on any atom is -0.493 e. The van der Waals surface area contributed by atoms with Crippen LogP contribution < -0.4 is 9.47 Å². The first-order valence-corrected chi connectivity index (χ1v) is 11.9. The van der Waals surface area contributed by atoms with Crippen LogP contribution in [0.5, 0.6) is 11.5 Å². The summed E-state index contributed by atoms with van der Waals surface area (Å²) in [5, 5.41) is 0.710. The quantitative estimate of drug-likeness (QED) is 0.404. The fourth-order valence-corrected chi connectivity index (χ4v) is 4.94. The van der Waals surface area contributed by atoms with E-state index < -0.39 is 0 Å². The molecule has 0 atom stereocenters. The normalized spacial score (nSPS) is 16.7. The molecular formula is C24H26BrFN2O3S. The summed E-state index contributed by atoms with van der Waals surface area (Å²) in [6.07, 6.45) is 1.82. The van der Waals surface area contributed by atoms with Gasteiger partial charge in [0.05, 0.1) is 16.5 Å². The van der Waals surface area contributed by atoms with Crippen LogP contribution in [0.2, 0.25) is 0 Å². The number of carbonyl (C=O) groups is 1. The summed E-state index contributed by atoms with van der Waals surface area (Å²) < 4.78 is 25.9. The monoisotopic (exact) mass is 520 g/mol. The Hall–Kier alpha value is -2.32. The van der Waals surface area contributed by atoms with Gasteiger partial charge in [0, 0.05) is 17.6 Å². The highest BCUT2D eigenvalue weighted by Gasteiger charge is 2.35. The number of nitrogens with zero attached hydrogens (tertiary/aromatic N) is 2. The van der Waals surface area contributed by atoms with Crippen molar-refractivity contribution in [1.29, 1.82) is 0 Å². The second-order valence-corrected chi connectivity index (χ2v) is 9.66. The summed E-state index contributed by atoms with van der Waals surface area (Å²) >= 11 is 4.89. The number of aliphatic imine (C=N–C) groups is 1. The van der Waals surface area contributed by atoms with Crippen LogP contribution in [0.4, 0.5) is 4.39 Å². The van der Waals surface area contributed by atoms with Gasteiger partial charge in [-0.1, -0.05) is 18.2 Å². The van der Waals surface area contributed by atoms with Gasteiger partial charge in [-0.05, 0) is 85.2 Å². The van der Waals surface area contributed by atoms with E-state index in [0.29, 0.717) is 31.6 Å². The second kappa shape index (κ2) is 10.5. The molecule has 0 unspecified atom stereocenters. The first-order chi connectivity index (χ1) is 15.2. The fraction of sp³-hybridized carbons (Fsp3) is 0.333. The highest BCUT2D eigenvalue weighted by atomic mass is 79.9. The van der Waals surface area contributed by atoms with E-state index in [1.165, 1.54) is 24.9 Å². The standard InChI is InChI=1S/C24H26BrFN2O3S/c1-14(2)27-24-28(15(3)4)23(29)21(32-24)12-16-10-18(25)22(20(11-16)30-5)31-13-17-8-6-7-9-19(17)26/h6-12,14-15H,13H2,1-5H3/b21-12+,27-24?. The van der Waals surface area contributed by atoms with Crippen LogP contribution in [-0.2, 0) is 11.4 Å². The van der Waals surface area contributed by atoms with Crippen LogP contribution in [0.3, 0.4) is 0 Å². The Morgan fingerprint density at radius 1 is 1.22 bits per heavy atom. The lowest BCUT2D eigenvalue weighted by atomic mass is 10.1. The molecular weight excluding hydrogens is 495 g/mol. The van der Waals surface area contributed by atoms with Crippen molar-refractivity contribution in [3.8, 4) is 11.5 Å². The molecule has 0 aliphatic carbocycles. The van der Waals surface area contributed by atoms with Crippen LogP contribution in [0, 0.1) is 5.82 Å². The van der Waals surface area contributed by atoms with Crippen molar-refractivity contribution in [2.75, 3.05) is 7.11 Å². The molecule has 170 valence electrons. The van der Waals surface area contributed by atoms with Crippen LogP contribution in [-0.4, -0.2) is 35.2 Å². The summed E-state index contributed by atoms with van der Waals surface area (Å²) in [5.74, 6) is 0.553. The topological polar surface area (TPSA) is 51.1 Å². The maximum absolute atomic E-state index is 13.9. The lowest BCUT2D eigenvalue weighted by Crippen LogP contribution is -2.35. The van der Waals surface area contributed by atoms with E-state index in [0.717, 1.165) is 5.56 Å². The maximum Gasteiger partial charge on any atom is 0.266 e. The van der Waals surface area contributed by atoms with Crippen LogP contribution in [0.1, 0.15) is 38.8 Å². The van der Waals surface area contributed by atoms with Crippen LogP contribution in [0.15, 0.2) is 50.8 Å². The molecule has 0 aromatic heterocycles. The minimum absolute atomic E-state index is 0.00818. The first kappa shape index (κ1) is 24.3. The molecule has 1 aliphatic rings. The number of hydrogen-bond donors (Lipinski definition) is 0. The van der Waals surface area contributed by atoms with Gasteiger partial charge in [0.1, 0.15) is 12.4 Å². The Kier molecular flexibility index (Phi) is 8.00. The molecule has 0 saturated carbocycles. The third-order valence-corrected chi connectivity index (χ3v) is 6.19. The lowest BCUT2D eigenvalue weighted by molar-refractivity contribution is -0.123. The van der Waals surface area contributed by atoms with Crippen molar-refractivity contribution in [3.05, 3.63) is 62.7 Å². The Bertz CT molecular complexity index is 1070. The van der Waals surface area contributed by atoms with Crippen molar-refractivity contribution in [2.24, 2.45) is 4.99 Å². The van der Waals surface area contributed by atoms with E-state index in [2.05, 4.69) is 20.9 Å². The third kappa shape index (κ3) is 5.53. The predicted octanol–water partition coefficient (Wildman–Crippen LogP) is 6.26. The SMILES string of the molecule is COc1cc(/C=C2/SC(=NC(C)C)N(C(C)C)C2=O)cc(Br)c1OCc1ccccc1F. The van der Waals surface area contributed by atoms with E-state index in [-0.39, 0.29) is 30.4 Å². The molecule has 5 nitrogen and oxygen atoms in total. The summed E-state index contributed by atoms with van der Waals surface area (Å²) in [6.45, 7) is 7.98. The van der Waals surface area contributed by atoms with Crippen molar-refractivity contribution < 1.29 is 18.7 Å². The molecule has 2 aromatic rings. The highest BCUT2D eigenvalue weighted by Crippen LogP contribution is 2.40. The summed E-state index contributed by atoms with van der Waals surface area (Å²) in [5.41, 5.74) is 1.23. The summed E-state index contributed by atoms with van der Waals surface area (Å²) in [6, 6.07) is 10.2. The number of benzene rings is 2. The zero-order valence-electron chi connectivity index (χ0n) is 18.7. The molecule has 1 fully saturated rings. The van der Waals surface area contributed by atoms with Gasteiger partial charge in [-0.2, -0.15) is 0 Å². The summed E-state index contributed by atoms with van der Waals surface area (Å²) in [7, 11) is 1.54. The minimum atomic E-state index is -0.325. The van der Waals surface area contributed by atoms with E-state index >= 15 is 0 Å². The largest absolute Gasteiger partial charge is 0.493 e. The van der Waals surface area contributed by atoms with Gasteiger partial charge in [-0.3, -0.25) is 14.7 Å². The molecule has 1 saturated heterocycles. The number of halogens is 2. The molecule has 2 aromatic carbocycles. The average molecular weight is 521 g/mol. The number of rotatable bonds is 7. The van der Waals surface area contributed by atoms with Crippen LogP contribution >= 0.6 is 27.7 Å². The van der Waals surface area contributed by atoms with Gasteiger partial charge in [0.25, 0.3) is 5.91 Å². The van der Waals surface area contributed by atoms with Gasteiger partial charge in [-0.15, -0.1) is 0 Å². The van der Waals surface area contributed by atoms with Crippen molar-refractivity contribution >= 4 is 44.8 Å². The molecule has 0 N–H and O–H groups in total. The van der Waals surface area contributed by atoms with Crippen LogP contribution in [0.25, 0.3) is 6.08 Å². The van der Waals surface area contributed by atoms with Crippen molar-refractivity contribution in [3.63, 3.8) is 0 Å². The molecule has 1 heterocycles. The molecule has 3 rings (SSSR count). The number of hydrogen-bond acceptors (Lipinski definition) is 5. The van der Waals surface area contributed by atoms with Gasteiger partial charge in [-0.25, -0.2) is 4.39 Å². The Morgan fingerprint density at radius 3 is 2.56 bits per heavy atom. The number of amides is 1. The molecule has 1 aliphatic heterocycles. The number of thioether (sulfide) groups is 1. The summed E-state index contributed by atoms with van der Waals surface area (Å²) in [4.78, 5) is 19.9. The molecule has 0 radical (unpaired) electrons. The molecule has 32 heavy (non-hydrogen) atoms. The van der Waals surface area contributed by atoms with Gasteiger partial charge in [0.2, 0.25) is 0 Å². The fourth-order valence-electron chi connectivity index (χ4n) is 3.13. The predicted molar refractivity (Wildman–Crippen MR) is 132 cm³/mol. The van der Waals surface area contributed by atoms with Crippen molar-refractivity contribution in [2.45, 2.75) is 46.4 Å². The average Bonchev–Trinajstić information content (AvgIpc) is 3.02. The Morgan fingerprint density at radius 2 is 1.94 bits per heavy atom. The van der Waals surface area contributed by atoms with Gasteiger partial charge in [0.15, 0.2) is 16.7 Å². The van der Waals surface area contributed by atoms with E-state index in [9.17, 15) is 9.18 Å². The number of carbonyl (C=O) groups excluding carboxylic acids is 1. The molecule has 8 heteroatoms. The maximum atomic E-state index is 13.9. The smallest absolute Gasteiger partial charge is 0.266 e. The van der Waals surface area contributed by atoms with E-state index in [4.69, 9.17) is 9.47 Å². The van der Waals surface area contributed by atoms with Crippen molar-refractivity contribution in [1.82, 2.24) is 4.90 Å². The number of methoxy groups -OCH3 is 1. The first-order valence-electron chi connectivity index (χ1n) is 10.3. The lowest BCUT2D eigenvalue weighted by Gasteiger charge is -2.20.